The van der Waals surface area contributed by atoms with Gasteiger partial charge in [-0.05, 0) is 18.2 Å². The average molecular weight is 307 g/mol. The first kappa shape index (κ1) is 13.9. The first-order valence-corrected chi connectivity index (χ1v) is 7.20. The van der Waals surface area contributed by atoms with Gasteiger partial charge in [0.2, 0.25) is 0 Å². The second-order valence-electron chi connectivity index (χ2n) is 5.45. The van der Waals surface area contributed by atoms with Crippen LogP contribution in [0.15, 0.2) is 36.4 Å². The largest absolute Gasteiger partial charge is 0.452 e. The highest BCUT2D eigenvalue weighted by Gasteiger charge is 2.70. The van der Waals surface area contributed by atoms with Gasteiger partial charge in [-0.2, -0.15) is 0 Å². The number of rotatable bonds is 0. The molecule has 1 N–H and O–H groups in total. The number of amides is 1. The third-order valence-electron chi connectivity index (χ3n) is 4.32. The molecule has 1 aromatic rings. The van der Waals surface area contributed by atoms with E-state index >= 15 is 0 Å². The van der Waals surface area contributed by atoms with Crippen LogP contribution in [0.2, 0.25) is 0 Å². The monoisotopic (exact) mass is 307 g/mol. The number of nitrogens with zero attached hydrogens (tertiary/aromatic N) is 1. The summed E-state index contributed by atoms with van der Waals surface area (Å²) in [6, 6.07) is 6.74. The molecule has 0 spiro atoms. The van der Waals surface area contributed by atoms with Gasteiger partial charge in [0.05, 0.1) is 12.8 Å². The number of hydrogen-bond donors (Lipinski definition) is 1. The van der Waals surface area contributed by atoms with Crippen LogP contribution < -0.4 is 4.90 Å². The number of ether oxygens (including phenoxy) is 2. The Labute approximate surface area is 133 Å². The summed E-state index contributed by atoms with van der Waals surface area (Å²) in [5.74, 6) is 11.4. The third kappa shape index (κ3) is 1.82. The Balaban J connectivity index is 1.96. The number of para-hydroxylation sites is 1. The van der Waals surface area contributed by atoms with Crippen LogP contribution in [-0.2, 0) is 15.1 Å². The molecule has 2 heterocycles. The number of methoxy groups -OCH3 is 1. The highest BCUT2D eigenvalue weighted by atomic mass is 16.6. The van der Waals surface area contributed by atoms with Gasteiger partial charge in [-0.25, -0.2) is 4.79 Å². The van der Waals surface area contributed by atoms with Crippen molar-refractivity contribution in [1.82, 2.24) is 0 Å². The Morgan fingerprint density at radius 1 is 1.30 bits per heavy atom. The van der Waals surface area contributed by atoms with Crippen molar-refractivity contribution in [3.63, 3.8) is 0 Å². The molecule has 0 radical (unpaired) electrons. The van der Waals surface area contributed by atoms with Crippen molar-refractivity contribution in [3.8, 4) is 23.7 Å². The van der Waals surface area contributed by atoms with Crippen molar-refractivity contribution in [2.75, 3.05) is 12.0 Å². The molecule has 1 aromatic carbocycles. The van der Waals surface area contributed by atoms with E-state index in [0.29, 0.717) is 5.69 Å². The molecule has 4 rings (SSSR count). The van der Waals surface area contributed by atoms with Gasteiger partial charge < -0.3 is 14.6 Å². The van der Waals surface area contributed by atoms with E-state index in [1.807, 2.05) is 18.2 Å². The molecule has 4 atom stereocenters. The van der Waals surface area contributed by atoms with Crippen molar-refractivity contribution in [2.24, 2.45) is 0 Å². The summed E-state index contributed by atoms with van der Waals surface area (Å²) in [7, 11) is 1.33. The van der Waals surface area contributed by atoms with Crippen LogP contribution in [-0.4, -0.2) is 36.6 Å². The van der Waals surface area contributed by atoms with Crippen LogP contribution >= 0.6 is 0 Å². The SMILES string of the molecule is COC(=O)N1c2ccccc2[C@@]23O[C@H]2[C@@H]1C#C/C=C\C#C[C@@H]3O. The van der Waals surface area contributed by atoms with Crippen molar-refractivity contribution >= 4 is 11.8 Å². The van der Waals surface area contributed by atoms with Gasteiger partial charge >= 0.3 is 6.09 Å². The molecular formula is C18H13NO4. The van der Waals surface area contributed by atoms with Gasteiger partial charge in [-0.3, -0.25) is 4.90 Å². The number of aliphatic hydroxyl groups is 1. The minimum Gasteiger partial charge on any atom is -0.452 e. The minimum atomic E-state index is -1.000. The number of hydrogen-bond acceptors (Lipinski definition) is 4. The summed E-state index contributed by atoms with van der Waals surface area (Å²) in [4.78, 5) is 13.8. The van der Waals surface area contributed by atoms with Crippen LogP contribution in [0.25, 0.3) is 0 Å². The maximum atomic E-state index is 12.3. The van der Waals surface area contributed by atoms with Crippen LogP contribution in [0, 0.1) is 23.7 Å². The van der Waals surface area contributed by atoms with Gasteiger partial charge in [0.15, 0.2) is 11.7 Å². The summed E-state index contributed by atoms with van der Waals surface area (Å²) in [5.41, 5.74) is 0.399. The van der Waals surface area contributed by atoms with E-state index in [-0.39, 0.29) is 0 Å². The predicted octanol–water partition coefficient (Wildman–Crippen LogP) is 1.17. The molecule has 2 bridgehead atoms. The van der Waals surface area contributed by atoms with Crippen LogP contribution in [0.1, 0.15) is 5.56 Å². The third-order valence-corrected chi connectivity index (χ3v) is 4.32. The maximum Gasteiger partial charge on any atom is 0.415 e. The first-order chi connectivity index (χ1) is 11.2. The molecule has 5 heteroatoms. The number of epoxide rings is 1. The number of anilines is 1. The number of allylic oxidation sites excluding steroid dienone is 2. The summed E-state index contributed by atoms with van der Waals surface area (Å²) in [5, 5.41) is 10.6. The fourth-order valence-corrected chi connectivity index (χ4v) is 3.26. The highest BCUT2D eigenvalue weighted by molar-refractivity contribution is 5.92. The van der Waals surface area contributed by atoms with E-state index in [1.54, 1.807) is 18.2 Å². The van der Waals surface area contributed by atoms with Gasteiger partial charge in [0.1, 0.15) is 12.1 Å². The zero-order chi connectivity index (χ0) is 16.0. The van der Waals surface area contributed by atoms with E-state index in [0.717, 1.165) is 5.56 Å². The van der Waals surface area contributed by atoms with E-state index in [4.69, 9.17) is 9.47 Å². The van der Waals surface area contributed by atoms with E-state index < -0.39 is 29.9 Å². The van der Waals surface area contributed by atoms with Gasteiger partial charge in [-0.1, -0.05) is 41.9 Å². The lowest BCUT2D eigenvalue weighted by molar-refractivity contribution is 0.119. The molecule has 1 fully saturated rings. The molecule has 1 amide bonds. The minimum absolute atomic E-state index is 0.445. The molecule has 0 aromatic heterocycles. The van der Waals surface area contributed by atoms with Crippen LogP contribution in [0.3, 0.4) is 0 Å². The van der Waals surface area contributed by atoms with Gasteiger partial charge in [0.25, 0.3) is 0 Å². The Morgan fingerprint density at radius 3 is 2.83 bits per heavy atom. The van der Waals surface area contributed by atoms with Crippen molar-refractivity contribution in [1.29, 1.82) is 0 Å². The number of aliphatic hydroxyl groups excluding tert-OH is 1. The fourth-order valence-electron chi connectivity index (χ4n) is 3.26. The first-order valence-electron chi connectivity index (χ1n) is 7.20. The molecule has 1 aliphatic carbocycles. The lowest BCUT2D eigenvalue weighted by Gasteiger charge is -2.35. The molecule has 1 saturated heterocycles. The zero-order valence-corrected chi connectivity index (χ0v) is 12.3. The number of carbonyl (C=O) groups excluding carboxylic acids is 1. The topological polar surface area (TPSA) is 62.3 Å². The lowest BCUT2D eigenvalue weighted by atomic mass is 9.82. The van der Waals surface area contributed by atoms with Crippen molar-refractivity contribution < 1.29 is 19.4 Å². The average Bonchev–Trinajstić information content (AvgIpc) is 3.33. The standard InChI is InChI=1S/C18H13NO4/c1-22-17(21)19-13-9-7-6-8-12(13)18-15(20)11-5-3-2-4-10-14(19)16(18)23-18/h2-3,6-9,14-16,20H,1H3/b3-2-/t14-,15-,16-,18-/m0/s1. The van der Waals surface area contributed by atoms with Crippen LogP contribution in [0.5, 0.6) is 0 Å². The van der Waals surface area contributed by atoms with E-state index in [1.165, 1.54) is 12.0 Å². The smallest absolute Gasteiger partial charge is 0.415 e. The molecule has 3 aliphatic rings. The fraction of sp³-hybridized carbons (Fsp3) is 0.278. The second kappa shape index (κ2) is 4.89. The summed E-state index contributed by atoms with van der Waals surface area (Å²) in [6.45, 7) is 0. The number of fused-ring (bicyclic) bond motifs is 1. The molecule has 2 aliphatic heterocycles. The molecular weight excluding hydrogens is 294 g/mol. The number of benzene rings is 1. The van der Waals surface area contributed by atoms with Gasteiger partial charge in [-0.15, -0.1) is 0 Å². The van der Waals surface area contributed by atoms with Crippen molar-refractivity contribution in [3.05, 3.63) is 42.0 Å². The van der Waals surface area contributed by atoms with Gasteiger partial charge in [0, 0.05) is 5.56 Å². The Morgan fingerprint density at radius 2 is 2.04 bits per heavy atom. The Kier molecular flexibility index (Phi) is 2.96. The van der Waals surface area contributed by atoms with E-state index in [2.05, 4.69) is 23.7 Å². The van der Waals surface area contributed by atoms with Crippen molar-refractivity contribution in [2.45, 2.75) is 23.9 Å². The highest BCUT2D eigenvalue weighted by Crippen LogP contribution is 2.58. The predicted molar refractivity (Wildman–Crippen MR) is 82.4 cm³/mol. The van der Waals surface area contributed by atoms with E-state index in [9.17, 15) is 9.90 Å². The quantitative estimate of drug-likeness (QED) is 0.577. The lowest BCUT2D eigenvalue weighted by Crippen LogP contribution is -2.50. The molecule has 0 saturated carbocycles. The Bertz CT molecular complexity index is 838. The molecule has 0 unspecified atom stereocenters. The summed E-state index contributed by atoms with van der Waals surface area (Å²) >= 11 is 0. The normalized spacial score (nSPS) is 33.7. The molecule has 5 nitrogen and oxygen atoms in total. The van der Waals surface area contributed by atoms with Crippen LogP contribution in [0.4, 0.5) is 10.5 Å². The molecule has 23 heavy (non-hydrogen) atoms. The second-order valence-corrected chi connectivity index (χ2v) is 5.45. The number of carbonyl (C=O) groups is 1. The summed E-state index contributed by atoms with van der Waals surface area (Å²) in [6.07, 6.45) is 1.20. The summed E-state index contributed by atoms with van der Waals surface area (Å²) < 4.78 is 10.8. The Hall–Kier alpha value is -2.73. The maximum absolute atomic E-state index is 12.3. The zero-order valence-electron chi connectivity index (χ0n) is 12.3. The molecule has 114 valence electrons.